The standard InChI is InChI=1S/C17H16N2O2/c1-3-21-16-9-6-7-13(17(16)20-2)11-14(12-18)15-8-4-5-10-19-15/h4-11H,3H2,1-2H3/b14-11+. The minimum atomic E-state index is 0.475. The summed E-state index contributed by atoms with van der Waals surface area (Å²) in [5, 5.41) is 9.35. The average molecular weight is 280 g/mol. The molecule has 0 saturated heterocycles. The van der Waals surface area contributed by atoms with Gasteiger partial charge in [0, 0.05) is 11.8 Å². The van der Waals surface area contributed by atoms with Crippen molar-refractivity contribution < 1.29 is 9.47 Å². The van der Waals surface area contributed by atoms with Crippen LogP contribution < -0.4 is 9.47 Å². The summed E-state index contributed by atoms with van der Waals surface area (Å²) in [6, 6.07) is 13.2. The zero-order valence-electron chi connectivity index (χ0n) is 12.0. The van der Waals surface area contributed by atoms with Crippen LogP contribution in [0.15, 0.2) is 42.6 Å². The molecule has 0 amide bonds. The molecular formula is C17H16N2O2. The van der Waals surface area contributed by atoms with Gasteiger partial charge in [0.25, 0.3) is 0 Å². The van der Waals surface area contributed by atoms with Gasteiger partial charge in [-0.05, 0) is 31.2 Å². The maximum absolute atomic E-state index is 9.35. The summed E-state index contributed by atoms with van der Waals surface area (Å²) in [7, 11) is 1.59. The highest BCUT2D eigenvalue weighted by atomic mass is 16.5. The Morgan fingerprint density at radius 2 is 2.14 bits per heavy atom. The molecule has 0 aliphatic carbocycles. The van der Waals surface area contributed by atoms with Crippen molar-refractivity contribution in [2.75, 3.05) is 13.7 Å². The number of nitriles is 1. The number of hydrogen-bond donors (Lipinski definition) is 0. The Morgan fingerprint density at radius 1 is 1.29 bits per heavy atom. The Kier molecular flexibility index (Phi) is 4.94. The Hall–Kier alpha value is -2.80. The zero-order valence-corrected chi connectivity index (χ0v) is 12.0. The fourth-order valence-electron chi connectivity index (χ4n) is 1.98. The fraction of sp³-hybridized carbons (Fsp3) is 0.176. The summed E-state index contributed by atoms with van der Waals surface area (Å²) in [5.41, 5.74) is 1.89. The monoisotopic (exact) mass is 280 g/mol. The van der Waals surface area contributed by atoms with Crippen molar-refractivity contribution in [1.82, 2.24) is 4.98 Å². The van der Waals surface area contributed by atoms with Crippen LogP contribution in [-0.2, 0) is 0 Å². The highest BCUT2D eigenvalue weighted by Crippen LogP contribution is 2.33. The Bertz CT molecular complexity index is 673. The average Bonchev–Trinajstić information content (AvgIpc) is 2.54. The third kappa shape index (κ3) is 3.40. The highest BCUT2D eigenvalue weighted by molar-refractivity contribution is 5.89. The van der Waals surface area contributed by atoms with E-state index in [0.29, 0.717) is 29.4 Å². The van der Waals surface area contributed by atoms with Crippen LogP contribution in [0.5, 0.6) is 11.5 Å². The minimum absolute atomic E-state index is 0.475. The van der Waals surface area contributed by atoms with Gasteiger partial charge in [0.15, 0.2) is 11.5 Å². The van der Waals surface area contributed by atoms with Crippen molar-refractivity contribution in [1.29, 1.82) is 5.26 Å². The van der Waals surface area contributed by atoms with E-state index in [4.69, 9.17) is 9.47 Å². The smallest absolute Gasteiger partial charge is 0.167 e. The SMILES string of the molecule is CCOc1cccc(/C=C(\C#N)c2ccccn2)c1OC. The van der Waals surface area contributed by atoms with Gasteiger partial charge >= 0.3 is 0 Å². The van der Waals surface area contributed by atoms with Crippen LogP contribution in [0.4, 0.5) is 0 Å². The fourth-order valence-corrected chi connectivity index (χ4v) is 1.98. The number of methoxy groups -OCH3 is 1. The number of aromatic nitrogens is 1. The van der Waals surface area contributed by atoms with Crippen molar-refractivity contribution in [3.8, 4) is 17.6 Å². The lowest BCUT2D eigenvalue weighted by Crippen LogP contribution is -1.97. The summed E-state index contributed by atoms with van der Waals surface area (Å²) in [6.07, 6.45) is 3.41. The van der Waals surface area contributed by atoms with E-state index in [-0.39, 0.29) is 0 Å². The molecule has 21 heavy (non-hydrogen) atoms. The number of para-hydroxylation sites is 1. The molecule has 4 nitrogen and oxygen atoms in total. The van der Waals surface area contributed by atoms with Crippen molar-refractivity contribution in [2.45, 2.75) is 6.92 Å². The topological polar surface area (TPSA) is 55.1 Å². The molecular weight excluding hydrogens is 264 g/mol. The van der Waals surface area contributed by atoms with E-state index in [1.807, 2.05) is 37.3 Å². The van der Waals surface area contributed by atoms with Gasteiger partial charge < -0.3 is 9.47 Å². The summed E-state index contributed by atoms with van der Waals surface area (Å²) in [6.45, 7) is 2.46. The van der Waals surface area contributed by atoms with E-state index in [1.165, 1.54) is 0 Å². The van der Waals surface area contributed by atoms with E-state index in [0.717, 1.165) is 5.56 Å². The maximum Gasteiger partial charge on any atom is 0.167 e. The summed E-state index contributed by atoms with van der Waals surface area (Å²) in [5.74, 6) is 1.27. The van der Waals surface area contributed by atoms with Crippen LogP contribution >= 0.6 is 0 Å². The molecule has 0 radical (unpaired) electrons. The molecule has 2 aromatic rings. The van der Waals surface area contributed by atoms with Gasteiger partial charge in [-0.15, -0.1) is 0 Å². The molecule has 0 aliphatic heterocycles. The van der Waals surface area contributed by atoms with E-state index >= 15 is 0 Å². The first-order valence-electron chi connectivity index (χ1n) is 6.63. The second kappa shape index (κ2) is 7.11. The van der Waals surface area contributed by atoms with E-state index in [2.05, 4.69) is 11.1 Å². The van der Waals surface area contributed by atoms with Gasteiger partial charge in [0.2, 0.25) is 0 Å². The third-order valence-electron chi connectivity index (χ3n) is 2.87. The molecule has 2 rings (SSSR count). The van der Waals surface area contributed by atoms with Gasteiger partial charge in [-0.25, -0.2) is 0 Å². The van der Waals surface area contributed by atoms with Gasteiger partial charge in [0.1, 0.15) is 6.07 Å². The largest absolute Gasteiger partial charge is 0.492 e. The molecule has 0 bridgehead atoms. The molecule has 4 heteroatoms. The molecule has 0 atom stereocenters. The van der Waals surface area contributed by atoms with Gasteiger partial charge in [-0.2, -0.15) is 5.26 Å². The number of ether oxygens (including phenoxy) is 2. The molecule has 1 heterocycles. The van der Waals surface area contributed by atoms with Crippen molar-refractivity contribution >= 4 is 11.6 Å². The first-order chi connectivity index (χ1) is 10.3. The minimum Gasteiger partial charge on any atom is -0.492 e. The van der Waals surface area contributed by atoms with E-state index in [9.17, 15) is 5.26 Å². The van der Waals surface area contributed by atoms with Gasteiger partial charge in [-0.1, -0.05) is 18.2 Å². The van der Waals surface area contributed by atoms with Crippen molar-refractivity contribution in [3.63, 3.8) is 0 Å². The Morgan fingerprint density at radius 3 is 2.76 bits per heavy atom. The van der Waals surface area contributed by atoms with Gasteiger partial charge in [-0.3, -0.25) is 4.98 Å². The summed E-state index contributed by atoms with van der Waals surface area (Å²) < 4.78 is 10.9. The number of pyridine rings is 1. The molecule has 0 aliphatic rings. The summed E-state index contributed by atoms with van der Waals surface area (Å²) >= 11 is 0. The quantitative estimate of drug-likeness (QED) is 0.786. The molecule has 1 aromatic carbocycles. The van der Waals surface area contributed by atoms with Crippen LogP contribution in [0.25, 0.3) is 11.6 Å². The maximum atomic E-state index is 9.35. The molecule has 106 valence electrons. The lowest BCUT2D eigenvalue weighted by atomic mass is 10.1. The van der Waals surface area contributed by atoms with Crippen LogP contribution in [0.3, 0.4) is 0 Å². The molecule has 0 saturated carbocycles. The van der Waals surface area contributed by atoms with E-state index < -0.39 is 0 Å². The number of nitrogens with zero attached hydrogens (tertiary/aromatic N) is 2. The van der Waals surface area contributed by atoms with Crippen LogP contribution in [-0.4, -0.2) is 18.7 Å². The summed E-state index contributed by atoms with van der Waals surface area (Å²) in [4.78, 5) is 4.20. The van der Waals surface area contributed by atoms with Gasteiger partial charge in [0.05, 0.1) is 25.0 Å². The van der Waals surface area contributed by atoms with Crippen molar-refractivity contribution in [3.05, 3.63) is 53.9 Å². The molecule has 0 fully saturated rings. The first kappa shape index (κ1) is 14.6. The van der Waals surface area contributed by atoms with Crippen molar-refractivity contribution in [2.24, 2.45) is 0 Å². The molecule has 0 unspecified atom stereocenters. The molecule has 1 aromatic heterocycles. The number of allylic oxidation sites excluding steroid dienone is 1. The number of hydrogen-bond acceptors (Lipinski definition) is 4. The second-order valence-electron chi connectivity index (χ2n) is 4.20. The van der Waals surface area contributed by atoms with Crippen LogP contribution in [0.2, 0.25) is 0 Å². The first-order valence-corrected chi connectivity index (χ1v) is 6.63. The van der Waals surface area contributed by atoms with Crippen LogP contribution in [0, 0.1) is 11.3 Å². The number of rotatable bonds is 5. The number of benzene rings is 1. The highest BCUT2D eigenvalue weighted by Gasteiger charge is 2.10. The van der Waals surface area contributed by atoms with Crippen LogP contribution in [0.1, 0.15) is 18.2 Å². The third-order valence-corrected chi connectivity index (χ3v) is 2.87. The van der Waals surface area contributed by atoms with E-state index in [1.54, 1.807) is 25.4 Å². The lowest BCUT2D eigenvalue weighted by Gasteiger charge is -2.11. The lowest BCUT2D eigenvalue weighted by molar-refractivity contribution is 0.310. The molecule has 0 N–H and O–H groups in total. The predicted molar refractivity (Wildman–Crippen MR) is 81.9 cm³/mol. The molecule has 0 spiro atoms. The zero-order chi connectivity index (χ0) is 15.1. The predicted octanol–water partition coefficient (Wildman–Crippen LogP) is 3.55. The second-order valence-corrected chi connectivity index (χ2v) is 4.20. The normalized spacial score (nSPS) is 10.8. The Labute approximate surface area is 124 Å². The Balaban J connectivity index is 2.48.